The van der Waals surface area contributed by atoms with Gasteiger partial charge >= 0.3 is 5.97 Å². The Morgan fingerprint density at radius 2 is 1.86 bits per heavy atom. The molecule has 0 unspecified atom stereocenters. The largest absolute Gasteiger partial charge is 0.477 e. The molecule has 21 heavy (non-hydrogen) atoms. The van der Waals surface area contributed by atoms with Crippen LogP contribution in [0.1, 0.15) is 18.1 Å². The van der Waals surface area contributed by atoms with Crippen molar-refractivity contribution in [3.8, 4) is 11.1 Å². The number of nitrogens with zero attached hydrogens (tertiary/aromatic N) is 2. The summed E-state index contributed by atoms with van der Waals surface area (Å²) in [7, 11) is 0. The van der Waals surface area contributed by atoms with E-state index in [-0.39, 0.29) is 5.70 Å². The highest BCUT2D eigenvalue weighted by Gasteiger charge is 2.25. The summed E-state index contributed by atoms with van der Waals surface area (Å²) in [4.78, 5) is 20.2. The van der Waals surface area contributed by atoms with E-state index in [1.165, 1.54) is 0 Å². The smallest absolute Gasteiger partial charge is 0.354 e. The van der Waals surface area contributed by atoms with Crippen LogP contribution in [0.3, 0.4) is 0 Å². The monoisotopic (exact) mass is 276 g/mol. The Balaban J connectivity index is 2.09. The van der Waals surface area contributed by atoms with Crippen LogP contribution < -0.4 is 10.7 Å². The fourth-order valence-electron chi connectivity index (χ4n) is 3.15. The van der Waals surface area contributed by atoms with E-state index < -0.39 is 5.97 Å². The van der Waals surface area contributed by atoms with Crippen molar-refractivity contribution in [2.45, 2.75) is 13.8 Å². The van der Waals surface area contributed by atoms with Gasteiger partial charge in [-0.1, -0.05) is 18.2 Å². The number of allylic oxidation sites excluding steroid dienone is 1. The molecular weight excluding hydrogens is 264 g/mol. The first-order chi connectivity index (χ1) is 10.1. The first-order valence-corrected chi connectivity index (χ1v) is 6.73. The van der Waals surface area contributed by atoms with Crippen molar-refractivity contribution >= 4 is 17.2 Å². The van der Waals surface area contributed by atoms with Crippen LogP contribution in [-0.4, -0.2) is 11.1 Å². The van der Waals surface area contributed by atoms with Crippen LogP contribution in [0, 0.1) is 6.92 Å². The summed E-state index contributed by atoms with van der Waals surface area (Å²) >= 11 is 0. The van der Waals surface area contributed by atoms with Gasteiger partial charge in [0.2, 0.25) is 0 Å². The van der Waals surface area contributed by atoms with Crippen LogP contribution in [-0.2, 0) is 4.79 Å². The van der Waals surface area contributed by atoms with Crippen LogP contribution in [0.2, 0.25) is 0 Å². The number of benzene rings is 2. The molecule has 0 spiro atoms. The van der Waals surface area contributed by atoms with Crippen LogP contribution in [0.5, 0.6) is 0 Å². The molecule has 0 atom stereocenters. The zero-order chi connectivity index (χ0) is 14.7. The second kappa shape index (κ2) is 3.88. The molecule has 2 heterocycles. The molecule has 2 aromatic carbocycles. The second-order valence-corrected chi connectivity index (χ2v) is 5.31. The van der Waals surface area contributed by atoms with Gasteiger partial charge in [-0.15, -0.1) is 0 Å². The minimum atomic E-state index is -0.986. The third kappa shape index (κ3) is 1.47. The van der Waals surface area contributed by atoms with Gasteiger partial charge in [-0.25, -0.2) is 14.8 Å². The van der Waals surface area contributed by atoms with Crippen LogP contribution in [0.4, 0.5) is 5.69 Å². The van der Waals surface area contributed by atoms with Gasteiger partial charge in [0.1, 0.15) is 0 Å². The molecule has 0 amide bonds. The number of para-hydroxylation sites is 1. The Labute approximate surface area is 120 Å². The molecule has 2 aliphatic heterocycles. The van der Waals surface area contributed by atoms with Gasteiger partial charge in [0, 0.05) is 16.7 Å². The molecular formula is C17H12N2O2. The van der Waals surface area contributed by atoms with Gasteiger partial charge in [0.25, 0.3) is 0 Å². The molecule has 102 valence electrons. The number of hydrogen-bond donors (Lipinski definition) is 1. The number of fused-ring (bicyclic) bond motifs is 4. The van der Waals surface area contributed by atoms with Crippen molar-refractivity contribution in [3.63, 3.8) is 0 Å². The Morgan fingerprint density at radius 1 is 1.10 bits per heavy atom. The molecule has 2 aliphatic rings. The van der Waals surface area contributed by atoms with E-state index in [2.05, 4.69) is 9.98 Å². The van der Waals surface area contributed by atoms with Gasteiger partial charge in [0.05, 0.1) is 16.4 Å². The third-order valence-electron chi connectivity index (χ3n) is 4.11. The summed E-state index contributed by atoms with van der Waals surface area (Å²) in [6, 6.07) is 9.92. The lowest BCUT2D eigenvalue weighted by Crippen LogP contribution is -2.18. The van der Waals surface area contributed by atoms with Crippen molar-refractivity contribution in [2.24, 2.45) is 9.98 Å². The lowest BCUT2D eigenvalue weighted by Gasteiger charge is -2.05. The maximum atomic E-state index is 11.3. The number of aliphatic carboxylic acids is 1. The molecule has 0 aromatic heterocycles. The normalized spacial score (nSPS) is 14.2. The first-order valence-electron chi connectivity index (χ1n) is 6.73. The second-order valence-electron chi connectivity index (χ2n) is 5.31. The van der Waals surface area contributed by atoms with E-state index in [1.807, 2.05) is 37.3 Å². The highest BCUT2D eigenvalue weighted by atomic mass is 16.4. The first kappa shape index (κ1) is 12.0. The van der Waals surface area contributed by atoms with Crippen molar-refractivity contribution in [1.82, 2.24) is 0 Å². The topological polar surface area (TPSA) is 62.0 Å². The Kier molecular flexibility index (Phi) is 2.22. The number of hydrogen-bond acceptors (Lipinski definition) is 3. The summed E-state index contributed by atoms with van der Waals surface area (Å²) in [5.74, 6) is -0.986. The summed E-state index contributed by atoms with van der Waals surface area (Å²) in [5.41, 5.74) is 5.81. The van der Waals surface area contributed by atoms with E-state index in [0.29, 0.717) is 5.57 Å². The maximum Gasteiger partial charge on any atom is 0.354 e. The molecule has 4 nitrogen and oxygen atoms in total. The molecule has 0 bridgehead atoms. The summed E-state index contributed by atoms with van der Waals surface area (Å²) < 4.78 is 0. The van der Waals surface area contributed by atoms with E-state index in [0.717, 1.165) is 38.7 Å². The van der Waals surface area contributed by atoms with Crippen molar-refractivity contribution in [1.29, 1.82) is 0 Å². The Bertz CT molecular complexity index is 985. The standard InChI is InChI=1S/C17H12N2O2/c1-8-14-9(2)16(17(20)21)19-13(14)7-11-10-5-3-4-6-12(10)18-15(8)11/h3-7H,1-2H3,(H,20,21). The van der Waals surface area contributed by atoms with E-state index in [1.54, 1.807) is 6.92 Å². The third-order valence-corrected chi connectivity index (χ3v) is 4.11. The summed E-state index contributed by atoms with van der Waals surface area (Å²) in [5, 5.41) is 10.9. The van der Waals surface area contributed by atoms with Crippen molar-refractivity contribution in [2.75, 3.05) is 0 Å². The zero-order valence-corrected chi connectivity index (χ0v) is 11.6. The average molecular weight is 276 g/mol. The van der Waals surface area contributed by atoms with Gasteiger partial charge in [-0.2, -0.15) is 0 Å². The average Bonchev–Trinajstić information content (AvgIpc) is 2.99. The minimum absolute atomic E-state index is 0.130. The van der Waals surface area contributed by atoms with Gasteiger partial charge in [-0.3, -0.25) is 0 Å². The Hall–Kier alpha value is -2.75. The maximum absolute atomic E-state index is 11.3. The molecule has 0 saturated carbocycles. The van der Waals surface area contributed by atoms with Crippen LogP contribution >= 0.6 is 0 Å². The van der Waals surface area contributed by atoms with Gasteiger partial charge < -0.3 is 5.11 Å². The SMILES string of the molecule is CC1=C(C(=O)O)N=c2cc3c(c(C)c21)=Nc1ccccc1-3. The number of carboxylic acid groups (broad SMARTS) is 1. The number of rotatable bonds is 1. The fraction of sp³-hybridized carbons (Fsp3) is 0.118. The molecule has 4 rings (SSSR count). The van der Waals surface area contributed by atoms with E-state index in [9.17, 15) is 9.90 Å². The molecule has 0 radical (unpaired) electrons. The predicted molar refractivity (Wildman–Crippen MR) is 78.8 cm³/mol. The quantitative estimate of drug-likeness (QED) is 0.741. The molecule has 0 aliphatic carbocycles. The molecule has 0 saturated heterocycles. The highest BCUT2D eigenvalue weighted by molar-refractivity contribution is 5.98. The van der Waals surface area contributed by atoms with Gasteiger partial charge in [-0.05, 0) is 37.1 Å². The molecule has 2 aromatic rings. The predicted octanol–water partition coefficient (Wildman–Crippen LogP) is 2.38. The van der Waals surface area contributed by atoms with Crippen LogP contribution in [0.25, 0.3) is 16.7 Å². The van der Waals surface area contributed by atoms with Crippen molar-refractivity contribution in [3.05, 3.63) is 57.9 Å². The molecule has 1 N–H and O–H groups in total. The summed E-state index contributed by atoms with van der Waals surface area (Å²) in [6.45, 7) is 3.79. The molecule has 4 heteroatoms. The number of carboxylic acids is 1. The fourth-order valence-corrected chi connectivity index (χ4v) is 3.15. The Morgan fingerprint density at radius 3 is 2.62 bits per heavy atom. The lowest BCUT2D eigenvalue weighted by molar-refractivity contribution is -0.132. The zero-order valence-electron chi connectivity index (χ0n) is 11.6. The number of carbonyl (C=O) groups is 1. The van der Waals surface area contributed by atoms with E-state index in [4.69, 9.17) is 0 Å². The van der Waals surface area contributed by atoms with Gasteiger partial charge in [0.15, 0.2) is 5.70 Å². The summed E-state index contributed by atoms with van der Waals surface area (Å²) in [6.07, 6.45) is 0. The minimum Gasteiger partial charge on any atom is -0.477 e. The van der Waals surface area contributed by atoms with E-state index >= 15 is 0 Å². The lowest BCUT2D eigenvalue weighted by atomic mass is 9.96. The highest BCUT2D eigenvalue weighted by Crippen LogP contribution is 2.34. The molecule has 0 fully saturated rings. The van der Waals surface area contributed by atoms with Crippen LogP contribution in [0.15, 0.2) is 46.0 Å². The van der Waals surface area contributed by atoms with Crippen molar-refractivity contribution < 1.29 is 9.90 Å².